The van der Waals surface area contributed by atoms with Crippen molar-refractivity contribution < 1.29 is 47.7 Å². The van der Waals surface area contributed by atoms with E-state index < -0.39 is 22.9 Å². The quantitative estimate of drug-likeness (QED) is 0.397. The van der Waals surface area contributed by atoms with Crippen LogP contribution in [0.2, 0.25) is 0 Å². The van der Waals surface area contributed by atoms with Gasteiger partial charge in [-0.25, -0.2) is 0 Å². The number of para-hydroxylation sites is 2. The number of nitrogens with zero attached hydrogens (tertiary/aromatic N) is 2. The van der Waals surface area contributed by atoms with Crippen molar-refractivity contribution in [3.63, 3.8) is 0 Å². The molecule has 1 heterocycles. The Morgan fingerprint density at radius 2 is 1.75 bits per heavy atom. The van der Waals surface area contributed by atoms with Crippen molar-refractivity contribution in [1.29, 1.82) is 0 Å². The van der Waals surface area contributed by atoms with E-state index in [0.717, 1.165) is 5.52 Å². The van der Waals surface area contributed by atoms with Crippen LogP contribution in [0.1, 0.15) is 35.1 Å². The van der Waals surface area contributed by atoms with Gasteiger partial charge in [0.25, 0.3) is 0 Å². The van der Waals surface area contributed by atoms with E-state index in [1.807, 2.05) is 6.33 Å². The molecule has 0 radical (unpaired) electrons. The summed E-state index contributed by atoms with van der Waals surface area (Å²) in [5.74, 6) is 0. The first kappa shape index (κ1) is 21.3. The average Bonchev–Trinajstić information content (AvgIpc) is 3.34. The molecule has 0 aliphatic heterocycles. The summed E-state index contributed by atoms with van der Waals surface area (Å²) in [6.45, 7) is 4.58. The second-order valence-electron chi connectivity index (χ2n) is 7.07. The molecule has 2 aliphatic carbocycles. The maximum Gasteiger partial charge on any atom is -1.00 e. The van der Waals surface area contributed by atoms with Gasteiger partial charge in [0.05, 0.1) is 0 Å². The third-order valence-corrected chi connectivity index (χ3v) is 12.2. The predicted molar refractivity (Wildman–Crippen MR) is 104 cm³/mol. The fourth-order valence-corrected chi connectivity index (χ4v) is 10.3. The Balaban J connectivity index is 0.00000112. The van der Waals surface area contributed by atoms with E-state index in [-0.39, 0.29) is 24.8 Å². The van der Waals surface area contributed by atoms with Gasteiger partial charge >= 0.3 is 166 Å². The molecule has 0 saturated heterocycles. The van der Waals surface area contributed by atoms with Gasteiger partial charge in [0.15, 0.2) is 0 Å². The zero-order chi connectivity index (χ0) is 17.7. The Labute approximate surface area is 189 Å². The van der Waals surface area contributed by atoms with Crippen LogP contribution in [0.4, 0.5) is 0 Å². The first-order valence-corrected chi connectivity index (χ1v) is 13.0. The van der Waals surface area contributed by atoms with Crippen LogP contribution in [0.3, 0.4) is 0 Å². The van der Waals surface area contributed by atoms with E-state index in [1.165, 1.54) is 34.3 Å². The molecule has 0 saturated carbocycles. The topological polar surface area (TPSA) is 17.8 Å². The van der Waals surface area contributed by atoms with Gasteiger partial charge in [0.1, 0.15) is 0 Å². The molecule has 28 heavy (non-hydrogen) atoms. The Bertz CT molecular complexity index is 1120. The van der Waals surface area contributed by atoms with Crippen LogP contribution in [0.15, 0.2) is 75.4 Å². The first-order chi connectivity index (χ1) is 12.7. The standard InChI is InChI=1S/C16H11N2.C7H9.2ClH.Hf/c1-2-6-13-10-14(9-12(13)5-1)18-11-17-15-7-3-4-8-16(15)18;1-6-4-3-5-7(6)2;;;/h1-11H;4H,3H2,1-2H3;2*1H;/q;;;;+2/p-2. The summed E-state index contributed by atoms with van der Waals surface area (Å²) in [5.41, 5.74) is 9.67. The summed E-state index contributed by atoms with van der Waals surface area (Å²) in [6.07, 6.45) is 8.00. The SMILES string of the molecule is CC1=CC[C]([Hf+2][CH]2C(n3cnc4ccccc43)=Cc3ccccc32)=C1C.[Cl-].[Cl-]. The Hall–Kier alpha value is -1.42. The fraction of sp³-hybridized carbons (Fsp3) is 0.174. The van der Waals surface area contributed by atoms with Gasteiger partial charge in [-0.1, -0.05) is 0 Å². The van der Waals surface area contributed by atoms with Crippen molar-refractivity contribution in [2.24, 2.45) is 0 Å². The van der Waals surface area contributed by atoms with E-state index >= 15 is 0 Å². The van der Waals surface area contributed by atoms with Gasteiger partial charge in [-0.2, -0.15) is 0 Å². The van der Waals surface area contributed by atoms with Crippen LogP contribution in [-0.4, -0.2) is 9.55 Å². The molecule has 1 unspecified atom stereocenters. The average molecular weight is 574 g/mol. The second kappa shape index (κ2) is 8.52. The minimum atomic E-state index is -1.06. The molecule has 0 spiro atoms. The maximum absolute atomic E-state index is 4.64. The number of hydrogen-bond donors (Lipinski definition) is 0. The maximum atomic E-state index is 4.64. The van der Waals surface area contributed by atoms with Gasteiger partial charge in [-0.3, -0.25) is 0 Å². The molecule has 0 fully saturated rings. The number of allylic oxidation sites excluding steroid dienone is 5. The number of benzene rings is 2. The van der Waals surface area contributed by atoms with Crippen molar-refractivity contribution in [3.05, 3.63) is 86.5 Å². The van der Waals surface area contributed by atoms with Gasteiger partial charge in [0, 0.05) is 0 Å². The molecule has 0 amide bonds. The minimum Gasteiger partial charge on any atom is -1.00 e. The smallest absolute Gasteiger partial charge is 1.00 e. The van der Waals surface area contributed by atoms with E-state index in [0.29, 0.717) is 3.67 Å². The molecule has 5 rings (SSSR count). The molecule has 2 aromatic carbocycles. The van der Waals surface area contributed by atoms with E-state index in [9.17, 15) is 0 Å². The number of imidazole rings is 1. The molecule has 1 aromatic heterocycles. The number of halogens is 2. The zero-order valence-electron chi connectivity index (χ0n) is 15.8. The zero-order valence-corrected chi connectivity index (χ0v) is 20.9. The fourth-order valence-electron chi connectivity index (χ4n) is 3.97. The van der Waals surface area contributed by atoms with Gasteiger partial charge in [0.2, 0.25) is 0 Å². The summed E-state index contributed by atoms with van der Waals surface area (Å²) in [5, 5.41) is 0. The first-order valence-electron chi connectivity index (χ1n) is 9.09. The molecule has 3 aromatic rings. The minimum absolute atomic E-state index is 0. The Kier molecular flexibility index (Phi) is 6.48. The van der Waals surface area contributed by atoms with E-state index in [4.69, 9.17) is 0 Å². The van der Waals surface area contributed by atoms with Crippen LogP contribution in [0.25, 0.3) is 22.8 Å². The molecule has 1 atom stereocenters. The number of aromatic nitrogens is 2. The molecule has 5 heteroatoms. The number of hydrogen-bond acceptors (Lipinski definition) is 1. The summed E-state index contributed by atoms with van der Waals surface area (Å²) in [6, 6.07) is 17.4. The molecule has 2 nitrogen and oxygen atoms in total. The van der Waals surface area contributed by atoms with Gasteiger partial charge < -0.3 is 24.8 Å². The largest absolute Gasteiger partial charge is 1.00 e. The summed E-state index contributed by atoms with van der Waals surface area (Å²) < 4.78 is 4.67. The Morgan fingerprint density at radius 1 is 1.00 bits per heavy atom. The number of rotatable bonds is 3. The van der Waals surface area contributed by atoms with Crippen LogP contribution < -0.4 is 24.8 Å². The van der Waals surface area contributed by atoms with Crippen molar-refractivity contribution in [1.82, 2.24) is 9.55 Å². The van der Waals surface area contributed by atoms with E-state index in [1.54, 1.807) is 8.90 Å². The van der Waals surface area contributed by atoms with Crippen LogP contribution in [0.5, 0.6) is 0 Å². The molecular weight excluding hydrogens is 554 g/mol. The monoisotopic (exact) mass is 574 g/mol. The van der Waals surface area contributed by atoms with Crippen molar-refractivity contribution >= 4 is 22.8 Å². The molecular formula is C23H20Cl2HfN2. The third kappa shape index (κ3) is 3.49. The predicted octanol–water partition coefficient (Wildman–Crippen LogP) is -0.196. The number of fused-ring (bicyclic) bond motifs is 2. The summed E-state index contributed by atoms with van der Waals surface area (Å²) >= 11 is -1.06. The van der Waals surface area contributed by atoms with Crippen LogP contribution in [-0.2, 0) is 22.9 Å². The molecule has 140 valence electrons. The van der Waals surface area contributed by atoms with Crippen LogP contribution >= 0.6 is 0 Å². The third-order valence-electron chi connectivity index (χ3n) is 5.61. The van der Waals surface area contributed by atoms with Crippen molar-refractivity contribution in [2.75, 3.05) is 0 Å². The van der Waals surface area contributed by atoms with Gasteiger partial charge in [-0.05, 0) is 0 Å². The normalized spacial score (nSPS) is 17.4. The summed E-state index contributed by atoms with van der Waals surface area (Å²) in [4.78, 5) is 4.64. The van der Waals surface area contributed by atoms with E-state index in [2.05, 4.69) is 84.1 Å². The van der Waals surface area contributed by atoms with Crippen molar-refractivity contribution in [3.8, 4) is 0 Å². The van der Waals surface area contributed by atoms with Gasteiger partial charge in [-0.15, -0.1) is 0 Å². The van der Waals surface area contributed by atoms with Crippen LogP contribution in [0, 0.1) is 0 Å². The van der Waals surface area contributed by atoms with Crippen molar-refractivity contribution in [2.45, 2.75) is 23.9 Å². The molecule has 0 bridgehead atoms. The Morgan fingerprint density at radius 3 is 2.54 bits per heavy atom. The second-order valence-corrected chi connectivity index (χ2v) is 12.4. The molecule has 0 N–H and O–H groups in total. The molecule has 2 aliphatic rings. The summed E-state index contributed by atoms with van der Waals surface area (Å²) in [7, 11) is 0.